The molecule has 0 aliphatic carbocycles. The summed E-state index contributed by atoms with van der Waals surface area (Å²) in [5.41, 5.74) is 0. The summed E-state index contributed by atoms with van der Waals surface area (Å²) in [6, 6.07) is 0. The predicted octanol–water partition coefficient (Wildman–Crippen LogP) is 2.48. The first-order chi connectivity index (χ1) is 7.70. The van der Waals surface area contributed by atoms with E-state index in [0.29, 0.717) is 18.9 Å². The van der Waals surface area contributed by atoms with E-state index in [-0.39, 0.29) is 12.5 Å². The lowest BCUT2D eigenvalue weighted by Gasteiger charge is -2.10. The highest BCUT2D eigenvalue weighted by Crippen LogP contribution is 2.05. The zero-order valence-electron chi connectivity index (χ0n) is 10.8. The summed E-state index contributed by atoms with van der Waals surface area (Å²) in [5, 5.41) is 11.6. The number of carbonyl (C=O) groups is 1. The number of rotatable bonds is 10. The van der Waals surface area contributed by atoms with E-state index in [4.69, 9.17) is 5.11 Å². The molecule has 0 spiro atoms. The summed E-state index contributed by atoms with van der Waals surface area (Å²) in [6.07, 6.45) is 7.32. The molecule has 0 aromatic rings. The topological polar surface area (TPSA) is 49.3 Å². The van der Waals surface area contributed by atoms with Crippen LogP contribution in [0, 0.1) is 5.92 Å². The number of unbranched alkanes of at least 4 members (excludes halogenated alkanes) is 4. The lowest BCUT2D eigenvalue weighted by atomic mass is 10.1. The van der Waals surface area contributed by atoms with Gasteiger partial charge in [-0.2, -0.15) is 0 Å². The Morgan fingerprint density at radius 2 is 1.94 bits per heavy atom. The maximum atomic E-state index is 11.4. The van der Waals surface area contributed by atoms with Crippen molar-refractivity contribution in [2.75, 3.05) is 13.2 Å². The Labute approximate surface area is 99.6 Å². The molecule has 0 aliphatic heterocycles. The maximum absolute atomic E-state index is 11.4. The lowest BCUT2D eigenvalue weighted by molar-refractivity contribution is -0.121. The fourth-order valence-corrected chi connectivity index (χ4v) is 1.59. The first-order valence-electron chi connectivity index (χ1n) is 6.58. The second-order valence-corrected chi connectivity index (χ2v) is 4.59. The molecule has 16 heavy (non-hydrogen) atoms. The second-order valence-electron chi connectivity index (χ2n) is 4.59. The minimum atomic E-state index is 0.154. The first-order valence-corrected chi connectivity index (χ1v) is 6.58. The van der Waals surface area contributed by atoms with E-state index in [1.807, 2.05) is 6.92 Å². The molecular formula is C13H27NO2. The molecule has 0 saturated heterocycles. The van der Waals surface area contributed by atoms with Crippen molar-refractivity contribution >= 4 is 5.91 Å². The summed E-state index contributed by atoms with van der Waals surface area (Å²) in [7, 11) is 0. The molecule has 0 aromatic heterocycles. The van der Waals surface area contributed by atoms with E-state index in [1.54, 1.807) is 0 Å². The molecule has 2 N–H and O–H groups in total. The van der Waals surface area contributed by atoms with E-state index >= 15 is 0 Å². The molecule has 3 nitrogen and oxygen atoms in total. The molecule has 0 radical (unpaired) electrons. The molecule has 1 atom stereocenters. The second kappa shape index (κ2) is 10.9. The zero-order valence-corrected chi connectivity index (χ0v) is 10.8. The van der Waals surface area contributed by atoms with Crippen LogP contribution in [0.15, 0.2) is 0 Å². The fourth-order valence-electron chi connectivity index (χ4n) is 1.59. The van der Waals surface area contributed by atoms with Gasteiger partial charge in [0.1, 0.15) is 0 Å². The largest absolute Gasteiger partial charge is 0.396 e. The van der Waals surface area contributed by atoms with Crippen molar-refractivity contribution < 1.29 is 9.90 Å². The summed E-state index contributed by atoms with van der Waals surface area (Å²) < 4.78 is 0. The highest BCUT2D eigenvalue weighted by molar-refractivity contribution is 5.75. The minimum absolute atomic E-state index is 0.154. The van der Waals surface area contributed by atoms with Gasteiger partial charge in [-0.15, -0.1) is 0 Å². The molecule has 3 heteroatoms. The predicted molar refractivity (Wildman–Crippen MR) is 67.3 cm³/mol. The van der Waals surface area contributed by atoms with Crippen LogP contribution in [0.25, 0.3) is 0 Å². The number of aliphatic hydroxyl groups excluding tert-OH is 1. The molecule has 1 amide bonds. The van der Waals surface area contributed by atoms with Gasteiger partial charge in [0, 0.05) is 19.6 Å². The van der Waals surface area contributed by atoms with Crippen LogP contribution in [-0.4, -0.2) is 24.2 Å². The van der Waals surface area contributed by atoms with Crippen LogP contribution >= 0.6 is 0 Å². The molecule has 0 fully saturated rings. The van der Waals surface area contributed by atoms with Gasteiger partial charge in [-0.3, -0.25) is 4.79 Å². The Bertz CT molecular complexity index is 171. The SMILES string of the molecule is CCCCCCCC(=O)NCC(C)CCO. The Morgan fingerprint density at radius 1 is 1.25 bits per heavy atom. The highest BCUT2D eigenvalue weighted by Gasteiger charge is 2.04. The third kappa shape index (κ3) is 9.97. The minimum Gasteiger partial charge on any atom is -0.396 e. The summed E-state index contributed by atoms with van der Waals surface area (Å²) in [6.45, 7) is 5.12. The fraction of sp³-hybridized carbons (Fsp3) is 0.923. The first kappa shape index (κ1) is 15.4. The molecule has 0 aliphatic rings. The van der Waals surface area contributed by atoms with Crippen molar-refractivity contribution in [2.24, 2.45) is 5.92 Å². The number of hydrogen-bond donors (Lipinski definition) is 2. The maximum Gasteiger partial charge on any atom is 0.220 e. The van der Waals surface area contributed by atoms with Gasteiger partial charge in [0.2, 0.25) is 5.91 Å². The standard InChI is InChI=1S/C13H27NO2/c1-3-4-5-6-7-8-13(16)14-11-12(2)9-10-15/h12,15H,3-11H2,1-2H3,(H,14,16). The third-order valence-corrected chi connectivity index (χ3v) is 2.78. The smallest absolute Gasteiger partial charge is 0.220 e. The van der Waals surface area contributed by atoms with Crippen molar-refractivity contribution in [3.8, 4) is 0 Å². The Hall–Kier alpha value is -0.570. The summed E-state index contributed by atoms with van der Waals surface area (Å²) in [5.74, 6) is 0.523. The summed E-state index contributed by atoms with van der Waals surface area (Å²) in [4.78, 5) is 11.4. The normalized spacial score (nSPS) is 12.4. The zero-order chi connectivity index (χ0) is 12.2. The Kier molecular flexibility index (Phi) is 10.5. The van der Waals surface area contributed by atoms with Gasteiger partial charge in [0.05, 0.1) is 0 Å². The van der Waals surface area contributed by atoms with Crippen molar-refractivity contribution in [3.05, 3.63) is 0 Å². The van der Waals surface area contributed by atoms with E-state index in [2.05, 4.69) is 12.2 Å². The van der Waals surface area contributed by atoms with Crippen molar-refractivity contribution in [1.82, 2.24) is 5.32 Å². The van der Waals surface area contributed by atoms with Gasteiger partial charge in [0.15, 0.2) is 0 Å². The van der Waals surface area contributed by atoms with Crippen LogP contribution in [0.2, 0.25) is 0 Å². The van der Waals surface area contributed by atoms with E-state index in [0.717, 1.165) is 19.3 Å². The molecule has 0 saturated carbocycles. The van der Waals surface area contributed by atoms with Crippen LogP contribution in [0.1, 0.15) is 58.8 Å². The van der Waals surface area contributed by atoms with Crippen molar-refractivity contribution in [2.45, 2.75) is 58.8 Å². The number of amides is 1. The molecule has 96 valence electrons. The van der Waals surface area contributed by atoms with Gasteiger partial charge in [-0.05, 0) is 18.8 Å². The summed E-state index contributed by atoms with van der Waals surface area (Å²) >= 11 is 0. The highest BCUT2D eigenvalue weighted by atomic mass is 16.3. The van der Waals surface area contributed by atoms with Crippen LogP contribution in [0.4, 0.5) is 0 Å². The van der Waals surface area contributed by atoms with Crippen LogP contribution in [-0.2, 0) is 4.79 Å². The average Bonchev–Trinajstić information content (AvgIpc) is 2.26. The van der Waals surface area contributed by atoms with Gasteiger partial charge in [-0.25, -0.2) is 0 Å². The molecule has 1 unspecified atom stereocenters. The van der Waals surface area contributed by atoms with Gasteiger partial charge in [-0.1, -0.05) is 39.5 Å². The van der Waals surface area contributed by atoms with E-state index in [1.165, 1.54) is 19.3 Å². The van der Waals surface area contributed by atoms with Crippen LogP contribution < -0.4 is 5.32 Å². The monoisotopic (exact) mass is 229 g/mol. The van der Waals surface area contributed by atoms with Gasteiger partial charge in [0.25, 0.3) is 0 Å². The van der Waals surface area contributed by atoms with E-state index < -0.39 is 0 Å². The van der Waals surface area contributed by atoms with Gasteiger partial charge >= 0.3 is 0 Å². The number of hydrogen-bond acceptors (Lipinski definition) is 2. The van der Waals surface area contributed by atoms with Crippen LogP contribution in [0.5, 0.6) is 0 Å². The Balaban J connectivity index is 3.30. The average molecular weight is 229 g/mol. The number of aliphatic hydroxyl groups is 1. The molecule has 0 heterocycles. The number of carbonyl (C=O) groups excluding carboxylic acids is 1. The molecule has 0 bridgehead atoms. The van der Waals surface area contributed by atoms with Crippen LogP contribution in [0.3, 0.4) is 0 Å². The molecule has 0 aromatic carbocycles. The lowest BCUT2D eigenvalue weighted by Crippen LogP contribution is -2.28. The quantitative estimate of drug-likeness (QED) is 0.565. The molecule has 0 rings (SSSR count). The van der Waals surface area contributed by atoms with Gasteiger partial charge < -0.3 is 10.4 Å². The Morgan fingerprint density at radius 3 is 2.56 bits per heavy atom. The van der Waals surface area contributed by atoms with E-state index in [9.17, 15) is 4.79 Å². The third-order valence-electron chi connectivity index (χ3n) is 2.78. The molecular weight excluding hydrogens is 202 g/mol. The number of nitrogens with one attached hydrogen (secondary N) is 1. The van der Waals surface area contributed by atoms with Crippen molar-refractivity contribution in [3.63, 3.8) is 0 Å². The van der Waals surface area contributed by atoms with Crippen molar-refractivity contribution in [1.29, 1.82) is 0 Å².